The Kier molecular flexibility index (Phi) is 5.38. The summed E-state index contributed by atoms with van der Waals surface area (Å²) in [6.45, 7) is 7.38. The van der Waals surface area contributed by atoms with Gasteiger partial charge in [-0.25, -0.2) is 0 Å². The van der Waals surface area contributed by atoms with Crippen molar-refractivity contribution in [2.75, 3.05) is 13.6 Å². The first-order valence-electron chi connectivity index (χ1n) is 7.84. The minimum absolute atomic E-state index is 0.436. The van der Waals surface area contributed by atoms with Gasteiger partial charge in [-0.3, -0.25) is 0 Å². The molecule has 0 fully saturated rings. The van der Waals surface area contributed by atoms with Crippen LogP contribution in [0.25, 0.3) is 10.8 Å². The molecule has 0 saturated heterocycles. The third kappa shape index (κ3) is 4.29. The van der Waals surface area contributed by atoms with Crippen molar-refractivity contribution in [1.82, 2.24) is 4.90 Å². The van der Waals surface area contributed by atoms with Gasteiger partial charge >= 0.3 is 0 Å². The zero-order valence-electron chi connectivity index (χ0n) is 13.6. The zero-order valence-corrected chi connectivity index (χ0v) is 13.6. The Morgan fingerprint density at radius 1 is 1.00 bits per heavy atom. The molecule has 0 aromatic heterocycles. The fourth-order valence-electron chi connectivity index (χ4n) is 2.84. The highest BCUT2D eigenvalue weighted by atomic mass is 16.3. The Labute approximate surface area is 128 Å². The number of fused-ring (bicyclic) bond motifs is 1. The third-order valence-corrected chi connectivity index (χ3v) is 4.18. The summed E-state index contributed by atoms with van der Waals surface area (Å²) in [6.07, 6.45) is 0.718. The molecular weight excluding hydrogens is 258 g/mol. The van der Waals surface area contributed by atoms with Crippen molar-refractivity contribution < 1.29 is 5.11 Å². The minimum atomic E-state index is -0.436. The van der Waals surface area contributed by atoms with E-state index < -0.39 is 6.10 Å². The predicted molar refractivity (Wildman–Crippen MR) is 90.5 cm³/mol. The Bertz CT molecular complexity index is 579. The molecule has 0 bridgehead atoms. The van der Waals surface area contributed by atoms with E-state index in [0.29, 0.717) is 18.5 Å². The summed E-state index contributed by atoms with van der Waals surface area (Å²) < 4.78 is 0. The number of nitrogens with zero attached hydrogens (tertiary/aromatic N) is 1. The van der Waals surface area contributed by atoms with Crippen LogP contribution >= 0.6 is 0 Å². The number of likely N-dealkylation sites (N-methyl/N-ethyl adjacent to an activating group) is 1. The van der Waals surface area contributed by atoms with Gasteiger partial charge in [-0.2, -0.15) is 0 Å². The Hall–Kier alpha value is -1.38. The molecule has 2 heteroatoms. The van der Waals surface area contributed by atoms with Crippen molar-refractivity contribution in [2.24, 2.45) is 5.92 Å². The lowest BCUT2D eigenvalue weighted by atomic mass is 10.0. The highest BCUT2D eigenvalue weighted by molar-refractivity contribution is 5.83. The standard InChI is InChI=1S/C19H27NO/c1-14(2)11-15(3)20(4)13-19(21)18-10-9-16-7-5-6-8-17(16)12-18/h5-10,12,14-15,19,21H,11,13H2,1-4H3. The maximum atomic E-state index is 10.5. The molecule has 2 unspecified atom stereocenters. The fraction of sp³-hybridized carbons (Fsp3) is 0.474. The molecule has 0 amide bonds. The normalized spacial score (nSPS) is 14.8. The zero-order chi connectivity index (χ0) is 15.4. The van der Waals surface area contributed by atoms with Crippen LogP contribution in [0.3, 0.4) is 0 Å². The second kappa shape index (κ2) is 7.06. The van der Waals surface area contributed by atoms with Gasteiger partial charge in [0.25, 0.3) is 0 Å². The number of rotatable bonds is 6. The van der Waals surface area contributed by atoms with Crippen molar-refractivity contribution in [1.29, 1.82) is 0 Å². The summed E-state index contributed by atoms with van der Waals surface area (Å²) in [5.41, 5.74) is 0.997. The molecule has 21 heavy (non-hydrogen) atoms. The van der Waals surface area contributed by atoms with Gasteiger partial charge in [-0.05, 0) is 48.7 Å². The Morgan fingerprint density at radius 2 is 1.67 bits per heavy atom. The number of hydrogen-bond donors (Lipinski definition) is 1. The van der Waals surface area contributed by atoms with Crippen LogP contribution in [0, 0.1) is 5.92 Å². The maximum absolute atomic E-state index is 10.5. The van der Waals surface area contributed by atoms with E-state index in [-0.39, 0.29) is 0 Å². The quantitative estimate of drug-likeness (QED) is 0.858. The summed E-state index contributed by atoms with van der Waals surface area (Å²) in [6, 6.07) is 15.0. The van der Waals surface area contributed by atoms with Gasteiger partial charge in [0.1, 0.15) is 0 Å². The molecule has 0 spiro atoms. The average molecular weight is 285 g/mol. The van der Waals surface area contributed by atoms with E-state index in [1.807, 2.05) is 18.2 Å². The SMILES string of the molecule is CC(C)CC(C)N(C)CC(O)c1ccc2ccccc2c1. The van der Waals surface area contributed by atoms with E-state index in [1.54, 1.807) is 0 Å². The van der Waals surface area contributed by atoms with Crippen molar-refractivity contribution in [3.05, 3.63) is 48.0 Å². The second-order valence-corrected chi connectivity index (χ2v) is 6.54. The third-order valence-electron chi connectivity index (χ3n) is 4.18. The van der Waals surface area contributed by atoms with Crippen LogP contribution in [0.2, 0.25) is 0 Å². The van der Waals surface area contributed by atoms with Crippen LogP contribution in [0.15, 0.2) is 42.5 Å². The smallest absolute Gasteiger partial charge is 0.0917 e. The first kappa shape index (κ1) is 16.0. The van der Waals surface area contributed by atoms with Gasteiger partial charge in [-0.15, -0.1) is 0 Å². The lowest BCUT2D eigenvalue weighted by molar-refractivity contribution is 0.102. The topological polar surface area (TPSA) is 23.5 Å². The molecule has 0 heterocycles. The molecule has 114 valence electrons. The van der Waals surface area contributed by atoms with E-state index in [2.05, 4.69) is 57.0 Å². The van der Waals surface area contributed by atoms with E-state index >= 15 is 0 Å². The van der Waals surface area contributed by atoms with Crippen molar-refractivity contribution >= 4 is 10.8 Å². The van der Waals surface area contributed by atoms with Gasteiger partial charge < -0.3 is 10.0 Å². The summed E-state index contributed by atoms with van der Waals surface area (Å²) in [7, 11) is 2.09. The molecule has 2 aromatic carbocycles. The van der Waals surface area contributed by atoms with Crippen molar-refractivity contribution in [2.45, 2.75) is 39.3 Å². The first-order chi connectivity index (χ1) is 9.97. The highest BCUT2D eigenvalue weighted by Gasteiger charge is 2.16. The monoisotopic (exact) mass is 285 g/mol. The lowest BCUT2D eigenvalue weighted by Gasteiger charge is -2.28. The van der Waals surface area contributed by atoms with Crippen LogP contribution in [0.1, 0.15) is 38.9 Å². The molecule has 0 aliphatic carbocycles. The second-order valence-electron chi connectivity index (χ2n) is 6.54. The molecule has 2 atom stereocenters. The molecule has 1 N–H and O–H groups in total. The van der Waals surface area contributed by atoms with Gasteiger partial charge in [0.15, 0.2) is 0 Å². The van der Waals surface area contributed by atoms with Crippen molar-refractivity contribution in [3.8, 4) is 0 Å². The number of benzene rings is 2. The highest BCUT2D eigenvalue weighted by Crippen LogP contribution is 2.22. The summed E-state index contributed by atoms with van der Waals surface area (Å²) in [5.74, 6) is 0.681. The van der Waals surface area contributed by atoms with Gasteiger partial charge in [0, 0.05) is 12.6 Å². The van der Waals surface area contributed by atoms with Gasteiger partial charge in [0.2, 0.25) is 0 Å². The molecule has 0 saturated carbocycles. The van der Waals surface area contributed by atoms with Crippen LogP contribution in [0.5, 0.6) is 0 Å². The first-order valence-corrected chi connectivity index (χ1v) is 7.84. The van der Waals surface area contributed by atoms with Crippen LogP contribution in [0.4, 0.5) is 0 Å². The molecule has 2 nitrogen and oxygen atoms in total. The molecule has 2 aromatic rings. The number of aliphatic hydroxyl groups excluding tert-OH is 1. The largest absolute Gasteiger partial charge is 0.387 e. The summed E-state index contributed by atoms with van der Waals surface area (Å²) in [4.78, 5) is 2.25. The van der Waals surface area contributed by atoms with Gasteiger partial charge in [-0.1, -0.05) is 50.2 Å². The van der Waals surface area contributed by atoms with Crippen molar-refractivity contribution in [3.63, 3.8) is 0 Å². The summed E-state index contributed by atoms with van der Waals surface area (Å²) in [5, 5.41) is 12.9. The van der Waals surface area contributed by atoms with E-state index in [0.717, 1.165) is 12.0 Å². The molecule has 0 aliphatic heterocycles. The van der Waals surface area contributed by atoms with Gasteiger partial charge in [0.05, 0.1) is 6.10 Å². The van der Waals surface area contributed by atoms with E-state index in [9.17, 15) is 5.11 Å². The fourth-order valence-corrected chi connectivity index (χ4v) is 2.84. The maximum Gasteiger partial charge on any atom is 0.0917 e. The predicted octanol–water partition coefficient (Wildman–Crippen LogP) is 4.24. The van der Waals surface area contributed by atoms with Crippen LogP contribution in [-0.4, -0.2) is 29.6 Å². The lowest BCUT2D eigenvalue weighted by Crippen LogP contribution is -2.33. The van der Waals surface area contributed by atoms with E-state index in [4.69, 9.17) is 0 Å². The Balaban J connectivity index is 2.05. The average Bonchev–Trinajstić information content (AvgIpc) is 2.45. The minimum Gasteiger partial charge on any atom is -0.387 e. The molecule has 0 radical (unpaired) electrons. The number of hydrogen-bond acceptors (Lipinski definition) is 2. The van der Waals surface area contributed by atoms with E-state index in [1.165, 1.54) is 10.8 Å². The van der Waals surface area contributed by atoms with Crippen LogP contribution < -0.4 is 0 Å². The molecule has 0 aliphatic rings. The van der Waals surface area contributed by atoms with Crippen LogP contribution in [-0.2, 0) is 0 Å². The molecular formula is C19H27NO. The Morgan fingerprint density at radius 3 is 2.33 bits per heavy atom. The number of aliphatic hydroxyl groups is 1. The molecule has 2 rings (SSSR count). The summed E-state index contributed by atoms with van der Waals surface area (Å²) >= 11 is 0.